The lowest BCUT2D eigenvalue weighted by molar-refractivity contribution is -0.125. The molecule has 2 heterocycles. The van der Waals surface area contributed by atoms with Gasteiger partial charge in [-0.05, 0) is 29.8 Å². The number of amides is 2. The van der Waals surface area contributed by atoms with Crippen molar-refractivity contribution >= 4 is 11.8 Å². The molecule has 0 fully saturated rings. The fourth-order valence-corrected chi connectivity index (χ4v) is 3.03. The molecule has 0 saturated carbocycles. The number of hydrogen-bond donors (Lipinski definition) is 3. The lowest BCUT2D eigenvalue weighted by Gasteiger charge is -2.31. The number of hydrogen-bond acceptors (Lipinski definition) is 5. The predicted molar refractivity (Wildman–Crippen MR) is 103 cm³/mol. The number of aromatic nitrogens is 1. The molecule has 3 N–H and O–H groups in total. The van der Waals surface area contributed by atoms with Gasteiger partial charge in [-0.1, -0.05) is 18.2 Å². The molecule has 0 spiro atoms. The number of carbonyl (C=O) groups excluding carboxylic acids is 2. The van der Waals surface area contributed by atoms with Crippen molar-refractivity contribution in [2.24, 2.45) is 0 Å². The summed E-state index contributed by atoms with van der Waals surface area (Å²) in [5, 5.41) is 14.9. The van der Waals surface area contributed by atoms with Gasteiger partial charge in [0.05, 0.1) is 25.2 Å². The smallest absolute Gasteiger partial charge is 0.270 e. The van der Waals surface area contributed by atoms with Crippen molar-refractivity contribution in [2.45, 2.75) is 31.2 Å². The standard InChI is InChI=1S/C21H21F2N3O4/c22-14-7-13(8-15(23)9-14)11-25-20(28)10-16-4-5-17(19(12-27)30-16)26-21(29)18-3-1-2-6-24-18/h1-9,16-17,19,27H,10-12H2,(H,25,28)(H,26,29)/t16-,17-,19-/m0/s1. The highest BCUT2D eigenvalue weighted by Crippen LogP contribution is 2.16. The van der Waals surface area contributed by atoms with E-state index in [2.05, 4.69) is 15.6 Å². The average Bonchev–Trinajstić information content (AvgIpc) is 2.73. The number of aliphatic hydroxyl groups is 1. The first-order valence-electron chi connectivity index (χ1n) is 9.33. The average molecular weight is 417 g/mol. The lowest BCUT2D eigenvalue weighted by Crippen LogP contribution is -2.49. The third-order valence-corrected chi connectivity index (χ3v) is 4.46. The van der Waals surface area contributed by atoms with Crippen molar-refractivity contribution in [3.63, 3.8) is 0 Å². The number of carbonyl (C=O) groups is 2. The third-order valence-electron chi connectivity index (χ3n) is 4.46. The van der Waals surface area contributed by atoms with Gasteiger partial charge in [0, 0.05) is 18.8 Å². The highest BCUT2D eigenvalue weighted by atomic mass is 19.1. The molecule has 0 unspecified atom stereocenters. The fraction of sp³-hybridized carbons (Fsp3) is 0.286. The van der Waals surface area contributed by atoms with Crippen LogP contribution in [0.3, 0.4) is 0 Å². The number of benzene rings is 1. The lowest BCUT2D eigenvalue weighted by atomic mass is 10.0. The molecule has 1 aliphatic rings. The summed E-state index contributed by atoms with van der Waals surface area (Å²) in [5.41, 5.74) is 0.532. The number of ether oxygens (including phenoxy) is 1. The van der Waals surface area contributed by atoms with E-state index in [1.807, 2.05) is 0 Å². The Morgan fingerprint density at radius 2 is 1.90 bits per heavy atom. The number of nitrogens with one attached hydrogen (secondary N) is 2. The molecule has 3 atom stereocenters. The molecule has 7 nitrogen and oxygen atoms in total. The Balaban J connectivity index is 1.53. The monoisotopic (exact) mass is 417 g/mol. The van der Waals surface area contributed by atoms with Crippen molar-refractivity contribution in [1.29, 1.82) is 0 Å². The quantitative estimate of drug-likeness (QED) is 0.593. The molecule has 1 aromatic carbocycles. The van der Waals surface area contributed by atoms with Crippen LogP contribution in [0.15, 0.2) is 54.7 Å². The molecule has 9 heteroatoms. The number of rotatable bonds is 7. The van der Waals surface area contributed by atoms with E-state index in [-0.39, 0.29) is 31.2 Å². The van der Waals surface area contributed by atoms with Gasteiger partial charge in [-0.3, -0.25) is 14.6 Å². The SMILES string of the molecule is O=C(C[C@@H]1C=C[C@H](NC(=O)c2ccccn2)[C@H](CO)O1)NCc1cc(F)cc(F)c1. The van der Waals surface area contributed by atoms with Crippen LogP contribution in [0.2, 0.25) is 0 Å². The van der Waals surface area contributed by atoms with Crippen LogP contribution in [0.4, 0.5) is 8.78 Å². The van der Waals surface area contributed by atoms with Crippen molar-refractivity contribution in [3.8, 4) is 0 Å². The van der Waals surface area contributed by atoms with Crippen LogP contribution in [0, 0.1) is 11.6 Å². The minimum atomic E-state index is -0.738. The highest BCUT2D eigenvalue weighted by Gasteiger charge is 2.29. The normalized spacial score (nSPS) is 20.6. The molecule has 1 aliphatic heterocycles. The zero-order valence-electron chi connectivity index (χ0n) is 15.9. The number of aliphatic hydroxyl groups excluding tert-OH is 1. The maximum atomic E-state index is 13.2. The molecular formula is C21H21F2N3O4. The Morgan fingerprint density at radius 3 is 2.57 bits per heavy atom. The van der Waals surface area contributed by atoms with Crippen LogP contribution >= 0.6 is 0 Å². The van der Waals surface area contributed by atoms with Crippen molar-refractivity contribution < 1.29 is 28.2 Å². The van der Waals surface area contributed by atoms with E-state index >= 15 is 0 Å². The number of halogens is 2. The summed E-state index contributed by atoms with van der Waals surface area (Å²) in [6.07, 6.45) is 3.37. The van der Waals surface area contributed by atoms with Gasteiger partial charge in [-0.2, -0.15) is 0 Å². The minimum Gasteiger partial charge on any atom is -0.394 e. The molecule has 0 radical (unpaired) electrons. The molecular weight excluding hydrogens is 396 g/mol. The summed E-state index contributed by atoms with van der Waals surface area (Å²) >= 11 is 0. The maximum Gasteiger partial charge on any atom is 0.270 e. The zero-order valence-corrected chi connectivity index (χ0v) is 15.9. The molecule has 158 valence electrons. The van der Waals surface area contributed by atoms with Crippen LogP contribution in [-0.4, -0.2) is 46.8 Å². The van der Waals surface area contributed by atoms with Crippen LogP contribution in [-0.2, 0) is 16.1 Å². The Hall–Kier alpha value is -3.17. The minimum absolute atomic E-state index is 0.0316. The van der Waals surface area contributed by atoms with Crippen molar-refractivity contribution in [2.75, 3.05) is 6.61 Å². The van der Waals surface area contributed by atoms with Gasteiger partial charge >= 0.3 is 0 Å². The highest BCUT2D eigenvalue weighted by molar-refractivity contribution is 5.92. The van der Waals surface area contributed by atoms with Crippen LogP contribution in [0.5, 0.6) is 0 Å². The van der Waals surface area contributed by atoms with E-state index in [0.29, 0.717) is 5.56 Å². The van der Waals surface area contributed by atoms with Gasteiger partial charge in [0.15, 0.2) is 0 Å². The molecule has 0 aliphatic carbocycles. The first-order chi connectivity index (χ1) is 14.4. The topological polar surface area (TPSA) is 101 Å². The first-order valence-corrected chi connectivity index (χ1v) is 9.33. The fourth-order valence-electron chi connectivity index (χ4n) is 3.03. The summed E-state index contributed by atoms with van der Waals surface area (Å²) in [7, 11) is 0. The summed E-state index contributed by atoms with van der Waals surface area (Å²) in [4.78, 5) is 28.3. The Bertz CT molecular complexity index is 903. The van der Waals surface area contributed by atoms with Crippen molar-refractivity contribution in [3.05, 3.63) is 77.6 Å². The number of nitrogens with zero attached hydrogens (tertiary/aromatic N) is 1. The van der Waals surface area contributed by atoms with E-state index < -0.39 is 35.8 Å². The Kier molecular flexibility index (Phi) is 7.21. The van der Waals surface area contributed by atoms with Gasteiger partial charge < -0.3 is 20.5 Å². The van der Waals surface area contributed by atoms with Gasteiger partial charge in [0.2, 0.25) is 5.91 Å². The van der Waals surface area contributed by atoms with E-state index in [0.717, 1.165) is 18.2 Å². The molecule has 3 rings (SSSR count). The van der Waals surface area contributed by atoms with Gasteiger partial charge in [-0.25, -0.2) is 8.78 Å². The summed E-state index contributed by atoms with van der Waals surface area (Å²) in [6, 6.07) is 7.38. The van der Waals surface area contributed by atoms with Crippen molar-refractivity contribution in [1.82, 2.24) is 15.6 Å². The zero-order chi connectivity index (χ0) is 21.5. The molecule has 2 amide bonds. The maximum absolute atomic E-state index is 13.2. The Morgan fingerprint density at radius 1 is 1.13 bits per heavy atom. The molecule has 0 saturated heterocycles. The van der Waals surface area contributed by atoms with Crippen LogP contribution in [0.25, 0.3) is 0 Å². The predicted octanol–water partition coefficient (Wildman–Crippen LogP) is 1.48. The van der Waals surface area contributed by atoms with Gasteiger partial charge in [0.25, 0.3) is 5.91 Å². The van der Waals surface area contributed by atoms with E-state index in [1.165, 1.54) is 6.20 Å². The second-order valence-corrected chi connectivity index (χ2v) is 6.75. The van der Waals surface area contributed by atoms with Gasteiger partial charge in [-0.15, -0.1) is 0 Å². The molecule has 2 aromatic rings. The van der Waals surface area contributed by atoms with Crippen LogP contribution < -0.4 is 10.6 Å². The van der Waals surface area contributed by atoms with Crippen LogP contribution in [0.1, 0.15) is 22.5 Å². The molecule has 30 heavy (non-hydrogen) atoms. The summed E-state index contributed by atoms with van der Waals surface area (Å²) in [6.45, 7) is -0.395. The number of pyridine rings is 1. The van der Waals surface area contributed by atoms with E-state index in [9.17, 15) is 23.5 Å². The largest absolute Gasteiger partial charge is 0.394 e. The summed E-state index contributed by atoms with van der Waals surface area (Å²) in [5.74, 6) is -2.24. The third kappa shape index (κ3) is 5.91. The molecule has 0 bridgehead atoms. The summed E-state index contributed by atoms with van der Waals surface area (Å²) < 4.78 is 32.1. The first kappa shape index (κ1) is 21.5. The Labute approximate surface area is 171 Å². The molecule has 1 aromatic heterocycles. The van der Waals surface area contributed by atoms with E-state index in [4.69, 9.17) is 4.74 Å². The van der Waals surface area contributed by atoms with Gasteiger partial charge in [0.1, 0.15) is 23.4 Å². The second-order valence-electron chi connectivity index (χ2n) is 6.75. The van der Waals surface area contributed by atoms with E-state index in [1.54, 1.807) is 30.4 Å². The second kappa shape index (κ2) is 10.0.